The Morgan fingerprint density at radius 3 is 2.46 bits per heavy atom. The number of hydrogen-bond acceptors (Lipinski definition) is 2. The Hall–Kier alpha value is -1.95. The predicted octanol–water partition coefficient (Wildman–Crippen LogP) is -1.02. The number of amides is 1. The number of piperazine rings is 1. The number of morpholine rings is 1. The average molecular weight is 355 g/mol. The monoisotopic (exact) mass is 355 g/mol. The molecule has 2 N–H and O–H groups in total. The van der Waals surface area contributed by atoms with Crippen LogP contribution in [0.1, 0.15) is 5.56 Å². The Morgan fingerprint density at radius 2 is 1.65 bits per heavy atom. The van der Waals surface area contributed by atoms with E-state index in [-0.39, 0.29) is 0 Å². The maximum Gasteiger partial charge on any atom is 0.278 e. The van der Waals surface area contributed by atoms with Crippen molar-refractivity contribution < 1.29 is 19.3 Å². The molecule has 0 saturated carbocycles. The standard InChI is InChI=1S/C21H27N3O2/c25-21(17-23-12-14-26-15-13-23)24-10-8-22(9-11-24)16-19-6-3-5-18-4-1-2-7-20(18)19/h1-7H,8-17H2/p+2. The molecule has 5 nitrogen and oxygen atoms in total. The van der Waals surface area contributed by atoms with Gasteiger partial charge < -0.3 is 19.4 Å². The SMILES string of the molecule is O=C(C[NH+]1CCOCC1)N1CC[NH+](Cc2cccc3ccccc23)CC1. The molecule has 2 aliphatic rings. The summed E-state index contributed by atoms with van der Waals surface area (Å²) in [6.07, 6.45) is 0. The first-order valence-electron chi connectivity index (χ1n) is 9.79. The molecule has 0 aliphatic carbocycles. The first-order valence-corrected chi connectivity index (χ1v) is 9.79. The van der Waals surface area contributed by atoms with E-state index in [1.165, 1.54) is 21.2 Å². The highest BCUT2D eigenvalue weighted by Crippen LogP contribution is 2.17. The van der Waals surface area contributed by atoms with Gasteiger partial charge in [-0.3, -0.25) is 4.79 Å². The van der Waals surface area contributed by atoms with Crippen molar-refractivity contribution in [3.63, 3.8) is 0 Å². The Balaban J connectivity index is 1.31. The number of quaternary nitrogens is 2. The van der Waals surface area contributed by atoms with E-state index in [9.17, 15) is 4.79 Å². The van der Waals surface area contributed by atoms with E-state index in [1.807, 2.05) is 0 Å². The van der Waals surface area contributed by atoms with Gasteiger partial charge in [0.15, 0.2) is 6.54 Å². The normalized spacial score (nSPS) is 19.8. The van der Waals surface area contributed by atoms with Gasteiger partial charge in [-0.05, 0) is 10.8 Å². The van der Waals surface area contributed by atoms with Crippen LogP contribution in [0.4, 0.5) is 0 Å². The fourth-order valence-corrected chi connectivity index (χ4v) is 4.13. The molecular formula is C21H29N3O2+2. The van der Waals surface area contributed by atoms with Crippen molar-refractivity contribution in [3.8, 4) is 0 Å². The van der Waals surface area contributed by atoms with Crippen LogP contribution in [-0.2, 0) is 16.1 Å². The second-order valence-electron chi connectivity index (χ2n) is 7.48. The molecule has 2 heterocycles. The van der Waals surface area contributed by atoms with Gasteiger partial charge in [-0.2, -0.15) is 0 Å². The van der Waals surface area contributed by atoms with E-state index in [4.69, 9.17) is 4.74 Å². The van der Waals surface area contributed by atoms with E-state index in [2.05, 4.69) is 47.4 Å². The summed E-state index contributed by atoms with van der Waals surface area (Å²) in [5, 5.41) is 2.67. The minimum absolute atomic E-state index is 0.311. The van der Waals surface area contributed by atoms with Gasteiger partial charge in [0.25, 0.3) is 5.91 Å². The van der Waals surface area contributed by atoms with Gasteiger partial charge in [0.1, 0.15) is 19.6 Å². The second kappa shape index (κ2) is 8.16. The lowest BCUT2D eigenvalue weighted by Gasteiger charge is -2.33. The lowest BCUT2D eigenvalue weighted by molar-refractivity contribution is -0.918. The summed E-state index contributed by atoms with van der Waals surface area (Å²) in [4.78, 5) is 17.6. The number of rotatable bonds is 4. The van der Waals surface area contributed by atoms with Gasteiger partial charge in [0, 0.05) is 5.56 Å². The van der Waals surface area contributed by atoms with Crippen LogP contribution in [0.5, 0.6) is 0 Å². The van der Waals surface area contributed by atoms with Crippen molar-refractivity contribution in [2.45, 2.75) is 6.54 Å². The summed E-state index contributed by atoms with van der Waals surface area (Å²) in [5.41, 5.74) is 1.41. The largest absolute Gasteiger partial charge is 0.370 e. The molecule has 0 atom stereocenters. The molecule has 0 bridgehead atoms. The Kier molecular flexibility index (Phi) is 5.48. The predicted molar refractivity (Wildman–Crippen MR) is 101 cm³/mol. The van der Waals surface area contributed by atoms with Crippen molar-refractivity contribution in [3.05, 3.63) is 48.0 Å². The van der Waals surface area contributed by atoms with Gasteiger partial charge in [-0.15, -0.1) is 0 Å². The summed E-state index contributed by atoms with van der Waals surface area (Å²) in [5.74, 6) is 0.311. The van der Waals surface area contributed by atoms with Gasteiger partial charge in [0.2, 0.25) is 0 Å². The van der Waals surface area contributed by atoms with Gasteiger partial charge in [0.05, 0.1) is 39.4 Å². The molecule has 4 rings (SSSR count). The van der Waals surface area contributed by atoms with Crippen LogP contribution in [0.3, 0.4) is 0 Å². The molecule has 138 valence electrons. The Labute approximate surface area is 155 Å². The van der Waals surface area contributed by atoms with Gasteiger partial charge >= 0.3 is 0 Å². The minimum atomic E-state index is 0.311. The maximum atomic E-state index is 12.6. The zero-order valence-corrected chi connectivity index (χ0v) is 15.4. The van der Waals surface area contributed by atoms with Crippen LogP contribution in [0.2, 0.25) is 0 Å². The molecular weight excluding hydrogens is 326 g/mol. The molecule has 1 amide bonds. The summed E-state index contributed by atoms with van der Waals surface area (Å²) < 4.78 is 5.38. The first kappa shape index (κ1) is 17.5. The van der Waals surface area contributed by atoms with E-state index in [0.717, 1.165) is 59.0 Å². The van der Waals surface area contributed by atoms with E-state index in [0.29, 0.717) is 12.5 Å². The number of nitrogens with zero attached hydrogens (tertiary/aromatic N) is 1. The van der Waals surface area contributed by atoms with Crippen molar-refractivity contribution in [2.24, 2.45) is 0 Å². The second-order valence-corrected chi connectivity index (χ2v) is 7.48. The van der Waals surface area contributed by atoms with Crippen LogP contribution >= 0.6 is 0 Å². The van der Waals surface area contributed by atoms with Crippen LogP contribution in [-0.4, -0.2) is 69.8 Å². The molecule has 0 radical (unpaired) electrons. The zero-order chi connectivity index (χ0) is 17.8. The summed E-state index contributed by atoms with van der Waals surface area (Å²) in [6.45, 7) is 8.97. The number of hydrogen-bond donors (Lipinski definition) is 2. The summed E-state index contributed by atoms with van der Waals surface area (Å²) in [7, 11) is 0. The van der Waals surface area contributed by atoms with Crippen molar-refractivity contribution in [2.75, 3.05) is 59.0 Å². The third-order valence-electron chi connectivity index (χ3n) is 5.74. The van der Waals surface area contributed by atoms with E-state index < -0.39 is 0 Å². The molecule has 2 aromatic carbocycles. The number of carbonyl (C=O) groups excluding carboxylic acids is 1. The van der Waals surface area contributed by atoms with E-state index >= 15 is 0 Å². The first-order chi connectivity index (χ1) is 12.8. The highest BCUT2D eigenvalue weighted by Gasteiger charge is 2.27. The molecule has 0 spiro atoms. The third kappa shape index (κ3) is 4.06. The number of fused-ring (bicyclic) bond motifs is 1. The quantitative estimate of drug-likeness (QED) is 0.737. The topological polar surface area (TPSA) is 38.4 Å². The summed E-state index contributed by atoms with van der Waals surface area (Å²) in [6, 6.07) is 15.2. The highest BCUT2D eigenvalue weighted by molar-refractivity contribution is 5.85. The number of carbonyl (C=O) groups is 1. The Morgan fingerprint density at radius 1 is 0.923 bits per heavy atom. The van der Waals surface area contributed by atoms with Crippen LogP contribution < -0.4 is 9.80 Å². The number of benzene rings is 2. The molecule has 0 unspecified atom stereocenters. The zero-order valence-electron chi connectivity index (χ0n) is 15.4. The van der Waals surface area contributed by atoms with E-state index in [1.54, 1.807) is 4.90 Å². The summed E-state index contributed by atoms with van der Waals surface area (Å²) >= 11 is 0. The van der Waals surface area contributed by atoms with Crippen molar-refractivity contribution in [1.29, 1.82) is 0 Å². The smallest absolute Gasteiger partial charge is 0.278 e. The third-order valence-corrected chi connectivity index (χ3v) is 5.74. The fourth-order valence-electron chi connectivity index (χ4n) is 4.13. The van der Waals surface area contributed by atoms with Crippen LogP contribution in [0.15, 0.2) is 42.5 Å². The maximum absolute atomic E-state index is 12.6. The number of nitrogens with one attached hydrogen (secondary N) is 2. The highest BCUT2D eigenvalue weighted by atomic mass is 16.5. The van der Waals surface area contributed by atoms with Crippen LogP contribution in [0.25, 0.3) is 10.8 Å². The van der Waals surface area contributed by atoms with Gasteiger partial charge in [-0.1, -0.05) is 42.5 Å². The molecule has 2 aromatic rings. The Bertz CT molecular complexity index is 745. The van der Waals surface area contributed by atoms with Gasteiger partial charge in [-0.25, -0.2) is 0 Å². The molecule has 2 saturated heterocycles. The average Bonchev–Trinajstić information content (AvgIpc) is 2.70. The fraction of sp³-hybridized carbons (Fsp3) is 0.476. The molecule has 0 aromatic heterocycles. The minimum Gasteiger partial charge on any atom is -0.370 e. The number of ether oxygens (including phenoxy) is 1. The van der Waals surface area contributed by atoms with Crippen molar-refractivity contribution >= 4 is 16.7 Å². The van der Waals surface area contributed by atoms with Crippen LogP contribution in [0, 0.1) is 0 Å². The molecule has 26 heavy (non-hydrogen) atoms. The lowest BCUT2D eigenvalue weighted by atomic mass is 10.0. The lowest BCUT2D eigenvalue weighted by Crippen LogP contribution is -3.16. The molecule has 2 fully saturated rings. The van der Waals surface area contributed by atoms with Crippen molar-refractivity contribution in [1.82, 2.24) is 4.90 Å². The molecule has 2 aliphatic heterocycles. The molecule has 5 heteroatoms.